The Morgan fingerprint density at radius 1 is 1.36 bits per heavy atom. The number of aliphatic hydroxyl groups excluding tert-OH is 1. The van der Waals surface area contributed by atoms with E-state index in [2.05, 4.69) is 16.0 Å². The minimum atomic E-state index is -1.27. The first-order chi connectivity index (χ1) is 10.3. The summed E-state index contributed by atoms with van der Waals surface area (Å²) in [4.78, 5) is 34.5. The van der Waals surface area contributed by atoms with E-state index in [0.29, 0.717) is 25.8 Å². The highest BCUT2D eigenvalue weighted by Gasteiger charge is 2.29. The van der Waals surface area contributed by atoms with Crippen molar-refractivity contribution in [3.63, 3.8) is 0 Å². The Kier molecular flexibility index (Phi) is 7.10. The normalized spacial score (nSPS) is 20.4. The molecule has 1 fully saturated rings. The summed E-state index contributed by atoms with van der Waals surface area (Å²) in [6.45, 7) is 4.08. The summed E-state index contributed by atoms with van der Waals surface area (Å²) < 4.78 is 0. The molecular formula is C14H25N3O5. The lowest BCUT2D eigenvalue weighted by Crippen LogP contribution is -2.51. The monoisotopic (exact) mass is 315 g/mol. The van der Waals surface area contributed by atoms with E-state index >= 15 is 0 Å². The Hall–Kier alpha value is -1.83. The molecule has 3 atom stereocenters. The predicted octanol–water partition coefficient (Wildman–Crippen LogP) is -0.328. The van der Waals surface area contributed by atoms with Crippen LogP contribution in [0.5, 0.6) is 0 Å². The smallest absolute Gasteiger partial charge is 0.405 e. The molecule has 8 heteroatoms. The summed E-state index contributed by atoms with van der Waals surface area (Å²) >= 11 is 0. The molecule has 0 aromatic heterocycles. The Labute approximate surface area is 129 Å². The number of carbonyl (C=O) groups is 3. The molecule has 1 rings (SSSR count). The van der Waals surface area contributed by atoms with Crippen molar-refractivity contribution >= 4 is 17.9 Å². The van der Waals surface area contributed by atoms with Gasteiger partial charge in [0.15, 0.2) is 0 Å². The van der Waals surface area contributed by atoms with Crippen molar-refractivity contribution in [2.24, 2.45) is 11.8 Å². The van der Waals surface area contributed by atoms with Gasteiger partial charge in [0.1, 0.15) is 6.04 Å². The van der Waals surface area contributed by atoms with Gasteiger partial charge in [-0.15, -0.1) is 0 Å². The number of rotatable bonds is 8. The van der Waals surface area contributed by atoms with Gasteiger partial charge in [0, 0.05) is 12.5 Å². The van der Waals surface area contributed by atoms with Crippen LogP contribution in [0.15, 0.2) is 0 Å². The number of carboxylic acid groups (broad SMARTS) is 1. The zero-order valence-corrected chi connectivity index (χ0v) is 13.0. The van der Waals surface area contributed by atoms with Crippen LogP contribution in [0.1, 0.15) is 33.1 Å². The largest absolute Gasteiger partial charge is 0.465 e. The number of aliphatic hydroxyl groups is 1. The van der Waals surface area contributed by atoms with Crippen molar-refractivity contribution in [3.05, 3.63) is 0 Å². The van der Waals surface area contributed by atoms with E-state index in [-0.39, 0.29) is 24.3 Å². The number of amides is 3. The van der Waals surface area contributed by atoms with Gasteiger partial charge >= 0.3 is 6.09 Å². The highest BCUT2D eigenvalue weighted by atomic mass is 16.4. The molecule has 1 aliphatic heterocycles. The Balaban J connectivity index is 2.59. The molecule has 22 heavy (non-hydrogen) atoms. The van der Waals surface area contributed by atoms with E-state index in [1.54, 1.807) is 0 Å². The van der Waals surface area contributed by atoms with E-state index in [9.17, 15) is 19.5 Å². The summed E-state index contributed by atoms with van der Waals surface area (Å²) in [6, 6.07) is -1.43. The lowest BCUT2D eigenvalue weighted by atomic mass is 9.97. The topological polar surface area (TPSA) is 128 Å². The standard InChI is InChI=1S/C14H25N3O5/c1-8(2)5-11(17-14(21)22)13(20)16-10(7-18)6-9-3-4-15-12(9)19/h8-11,17-18H,3-7H2,1-2H3,(H,15,19)(H,16,20)(H,21,22)/t9-,10?,11?/m0/s1. The first-order valence-electron chi connectivity index (χ1n) is 7.51. The molecule has 0 bridgehead atoms. The van der Waals surface area contributed by atoms with Crippen LogP contribution in [0.3, 0.4) is 0 Å². The van der Waals surface area contributed by atoms with Gasteiger partial charge in [-0.1, -0.05) is 13.8 Å². The number of nitrogens with one attached hydrogen (secondary N) is 3. The van der Waals surface area contributed by atoms with Crippen molar-refractivity contribution in [2.75, 3.05) is 13.2 Å². The summed E-state index contributed by atoms with van der Waals surface area (Å²) in [5, 5.41) is 25.7. The van der Waals surface area contributed by atoms with Crippen molar-refractivity contribution in [3.8, 4) is 0 Å². The van der Waals surface area contributed by atoms with Crippen LogP contribution in [-0.4, -0.2) is 53.4 Å². The van der Waals surface area contributed by atoms with Crippen molar-refractivity contribution < 1.29 is 24.6 Å². The third kappa shape index (κ3) is 5.88. The van der Waals surface area contributed by atoms with Gasteiger partial charge in [-0.2, -0.15) is 0 Å². The Morgan fingerprint density at radius 2 is 2.05 bits per heavy atom. The molecule has 1 aliphatic rings. The van der Waals surface area contributed by atoms with Crippen molar-refractivity contribution in [1.82, 2.24) is 16.0 Å². The molecule has 0 saturated carbocycles. The average Bonchev–Trinajstić information content (AvgIpc) is 2.81. The lowest BCUT2D eigenvalue weighted by Gasteiger charge is -2.23. The van der Waals surface area contributed by atoms with E-state index in [1.807, 2.05) is 13.8 Å². The van der Waals surface area contributed by atoms with E-state index in [4.69, 9.17) is 5.11 Å². The highest BCUT2D eigenvalue weighted by Crippen LogP contribution is 2.16. The third-order valence-corrected chi connectivity index (χ3v) is 3.62. The zero-order valence-electron chi connectivity index (χ0n) is 13.0. The number of carbonyl (C=O) groups excluding carboxylic acids is 2. The molecule has 0 aliphatic carbocycles. The molecule has 0 aromatic rings. The SMILES string of the molecule is CC(C)CC(NC(=O)O)C(=O)NC(CO)C[C@@H]1CCNC1=O. The van der Waals surface area contributed by atoms with Gasteiger partial charge in [-0.25, -0.2) is 4.79 Å². The quantitative estimate of drug-likeness (QED) is 0.419. The maximum absolute atomic E-state index is 12.2. The van der Waals surface area contributed by atoms with E-state index < -0.39 is 24.1 Å². The first-order valence-corrected chi connectivity index (χ1v) is 7.51. The van der Waals surface area contributed by atoms with Crippen molar-refractivity contribution in [2.45, 2.75) is 45.2 Å². The molecule has 0 aromatic carbocycles. The summed E-state index contributed by atoms with van der Waals surface area (Å²) in [5.74, 6) is -0.645. The van der Waals surface area contributed by atoms with Gasteiger partial charge in [0.2, 0.25) is 11.8 Å². The number of hydrogen-bond acceptors (Lipinski definition) is 4. The van der Waals surface area contributed by atoms with Crippen LogP contribution >= 0.6 is 0 Å². The zero-order chi connectivity index (χ0) is 16.7. The van der Waals surface area contributed by atoms with Gasteiger partial charge in [-0.05, 0) is 25.2 Å². The van der Waals surface area contributed by atoms with Gasteiger partial charge < -0.3 is 26.2 Å². The predicted molar refractivity (Wildman–Crippen MR) is 79.2 cm³/mol. The van der Waals surface area contributed by atoms with Crippen molar-refractivity contribution in [1.29, 1.82) is 0 Å². The number of hydrogen-bond donors (Lipinski definition) is 5. The molecule has 5 N–H and O–H groups in total. The van der Waals surface area contributed by atoms with Crippen LogP contribution < -0.4 is 16.0 Å². The van der Waals surface area contributed by atoms with Crippen LogP contribution in [0.2, 0.25) is 0 Å². The first kappa shape index (κ1) is 18.2. The second-order valence-electron chi connectivity index (χ2n) is 6.03. The summed E-state index contributed by atoms with van der Waals surface area (Å²) in [6.07, 6.45) is 0.112. The molecule has 8 nitrogen and oxygen atoms in total. The van der Waals surface area contributed by atoms with Gasteiger partial charge in [0.05, 0.1) is 12.6 Å². The van der Waals surface area contributed by atoms with E-state index in [0.717, 1.165) is 0 Å². The van der Waals surface area contributed by atoms with Crippen LogP contribution in [0.4, 0.5) is 4.79 Å². The van der Waals surface area contributed by atoms with Gasteiger partial charge in [-0.3, -0.25) is 9.59 Å². The fourth-order valence-electron chi connectivity index (χ4n) is 2.55. The molecule has 3 amide bonds. The van der Waals surface area contributed by atoms with E-state index in [1.165, 1.54) is 0 Å². The molecule has 2 unspecified atom stereocenters. The van der Waals surface area contributed by atoms with Crippen LogP contribution in [0, 0.1) is 11.8 Å². The maximum atomic E-state index is 12.2. The molecule has 0 radical (unpaired) electrons. The van der Waals surface area contributed by atoms with Crippen LogP contribution in [-0.2, 0) is 9.59 Å². The lowest BCUT2D eigenvalue weighted by molar-refractivity contribution is -0.126. The minimum absolute atomic E-state index is 0.0740. The molecule has 1 heterocycles. The average molecular weight is 315 g/mol. The second kappa shape index (κ2) is 8.57. The Bertz CT molecular complexity index is 413. The summed E-state index contributed by atoms with van der Waals surface area (Å²) in [5.41, 5.74) is 0. The summed E-state index contributed by atoms with van der Waals surface area (Å²) in [7, 11) is 0. The van der Waals surface area contributed by atoms with Gasteiger partial charge in [0.25, 0.3) is 0 Å². The molecule has 0 spiro atoms. The van der Waals surface area contributed by atoms with Crippen LogP contribution in [0.25, 0.3) is 0 Å². The molecular weight excluding hydrogens is 290 g/mol. The second-order valence-corrected chi connectivity index (χ2v) is 6.03. The minimum Gasteiger partial charge on any atom is -0.465 e. The fourth-order valence-corrected chi connectivity index (χ4v) is 2.55. The fraction of sp³-hybridized carbons (Fsp3) is 0.786. The molecule has 1 saturated heterocycles. The highest BCUT2D eigenvalue weighted by molar-refractivity contribution is 5.85. The Morgan fingerprint density at radius 3 is 2.50 bits per heavy atom. The third-order valence-electron chi connectivity index (χ3n) is 3.62. The molecule has 126 valence electrons. The maximum Gasteiger partial charge on any atom is 0.405 e.